The van der Waals surface area contributed by atoms with E-state index in [9.17, 15) is 4.79 Å². The van der Waals surface area contributed by atoms with E-state index in [2.05, 4.69) is 0 Å². The summed E-state index contributed by atoms with van der Waals surface area (Å²) in [7, 11) is 0. The molecule has 0 aromatic heterocycles. The van der Waals surface area contributed by atoms with Gasteiger partial charge in [0.1, 0.15) is 0 Å². The van der Waals surface area contributed by atoms with Crippen LogP contribution in [0.2, 0.25) is 0 Å². The molecule has 10 heavy (non-hydrogen) atoms. The molecule has 1 amide bonds. The molecule has 2 nitrogen and oxygen atoms in total. The van der Waals surface area contributed by atoms with Crippen LogP contribution in [0.1, 0.15) is 0 Å². The van der Waals surface area contributed by atoms with E-state index in [1.807, 2.05) is 24.3 Å². The molecule has 0 fully saturated rings. The monoisotopic (exact) mass is 140 g/mol. The molecule has 0 bridgehead atoms. The molecule has 1 aliphatic carbocycles. The highest BCUT2D eigenvalue weighted by Crippen LogP contribution is 2.05. The fraction of sp³-hybridized carbons (Fsp3) is 0. The van der Waals surface area contributed by atoms with Gasteiger partial charge in [0.25, 0.3) is 0 Å². The maximum Gasteiger partial charge on any atom is 0.241 e. The second-order valence-electron chi connectivity index (χ2n) is 1.76. The number of primary amides is 1. The molecule has 1 aliphatic rings. The lowest BCUT2D eigenvalue weighted by Gasteiger charge is -1.83. The molecule has 0 radical (unpaired) electrons. The number of rotatable bonds is 1. The van der Waals surface area contributed by atoms with Crippen LogP contribution < -0.4 is 10.4 Å². The van der Waals surface area contributed by atoms with E-state index in [1.165, 1.54) is 6.08 Å². The van der Waals surface area contributed by atoms with Crippen molar-refractivity contribution in [2.24, 2.45) is 5.73 Å². The van der Waals surface area contributed by atoms with Crippen LogP contribution in [0.5, 0.6) is 0 Å². The topological polar surface area (TPSA) is 43.1 Å². The van der Waals surface area contributed by atoms with Crippen molar-refractivity contribution < 1.29 is 9.50 Å². The molecule has 0 aromatic carbocycles. The number of allylic oxidation sites excluding steroid dienone is 5. The van der Waals surface area contributed by atoms with Crippen LogP contribution in [0.4, 0.5) is 0 Å². The van der Waals surface area contributed by atoms with Crippen LogP contribution in [-0.2, 0) is 4.79 Å². The Morgan fingerprint density at radius 2 is 1.90 bits per heavy atom. The van der Waals surface area contributed by atoms with Crippen molar-refractivity contribution in [2.45, 2.75) is 0 Å². The van der Waals surface area contributed by atoms with Crippen LogP contribution in [0.15, 0.2) is 36.0 Å². The van der Waals surface area contributed by atoms with E-state index in [1.54, 1.807) is 0 Å². The number of nitrogens with two attached hydrogens (primary N) is 1. The molecule has 0 heterocycles. The maximum absolute atomic E-state index is 10.2. The molecule has 3 heteroatoms. The molecule has 0 aromatic rings. The zero-order valence-corrected chi connectivity index (χ0v) is 5.25. The summed E-state index contributed by atoms with van der Waals surface area (Å²) in [5.41, 5.74) is 5.75. The number of carbonyl (C=O) groups excluding carboxylic acids is 1. The van der Waals surface area contributed by atoms with Gasteiger partial charge in [0, 0.05) is 6.08 Å². The molecular formula is C7H7FNO-. The summed E-state index contributed by atoms with van der Waals surface area (Å²) in [5, 5.41) is 0. The predicted molar refractivity (Wildman–Crippen MR) is 35.6 cm³/mol. The summed E-state index contributed by atoms with van der Waals surface area (Å²) < 4.78 is 0. The molecule has 0 unspecified atom stereocenters. The molecular weight excluding hydrogens is 133 g/mol. The Balaban J connectivity index is 0.000000810. The smallest absolute Gasteiger partial charge is 0.241 e. The van der Waals surface area contributed by atoms with Crippen LogP contribution >= 0.6 is 0 Å². The van der Waals surface area contributed by atoms with Gasteiger partial charge in [-0.1, -0.05) is 24.3 Å². The van der Waals surface area contributed by atoms with E-state index in [4.69, 9.17) is 5.73 Å². The van der Waals surface area contributed by atoms with Gasteiger partial charge in [-0.05, 0) is 5.57 Å². The van der Waals surface area contributed by atoms with Crippen molar-refractivity contribution in [1.29, 1.82) is 0 Å². The minimum absolute atomic E-state index is 0. The summed E-state index contributed by atoms with van der Waals surface area (Å²) in [6.45, 7) is 0. The third-order valence-electron chi connectivity index (χ3n) is 0.997. The Hall–Kier alpha value is -1.38. The number of carbonyl (C=O) groups is 1. The highest BCUT2D eigenvalue weighted by atomic mass is 19.0. The summed E-state index contributed by atoms with van der Waals surface area (Å²) in [4.78, 5) is 10.2. The average molecular weight is 140 g/mol. The van der Waals surface area contributed by atoms with Crippen LogP contribution in [0.25, 0.3) is 0 Å². The van der Waals surface area contributed by atoms with Gasteiger partial charge >= 0.3 is 0 Å². The van der Waals surface area contributed by atoms with E-state index < -0.39 is 5.91 Å². The molecule has 0 spiro atoms. The molecule has 0 aliphatic heterocycles. The fourth-order valence-electron chi connectivity index (χ4n) is 0.649. The lowest BCUT2D eigenvalue weighted by atomic mass is 10.3. The predicted octanol–water partition coefficient (Wildman–Crippen LogP) is -2.47. The normalized spacial score (nSPS) is 13.0. The third kappa shape index (κ3) is 2.26. The summed E-state index contributed by atoms with van der Waals surface area (Å²) in [6, 6.07) is 0. The van der Waals surface area contributed by atoms with Gasteiger partial charge in [0.15, 0.2) is 0 Å². The summed E-state index contributed by atoms with van der Waals surface area (Å²) >= 11 is 0. The van der Waals surface area contributed by atoms with E-state index >= 15 is 0 Å². The fourth-order valence-corrected chi connectivity index (χ4v) is 0.649. The van der Waals surface area contributed by atoms with Gasteiger partial charge in [-0.2, -0.15) is 0 Å². The zero-order chi connectivity index (χ0) is 6.69. The zero-order valence-electron chi connectivity index (χ0n) is 5.25. The van der Waals surface area contributed by atoms with Crippen molar-refractivity contribution in [1.82, 2.24) is 0 Å². The van der Waals surface area contributed by atoms with Crippen molar-refractivity contribution in [3.63, 3.8) is 0 Å². The SMILES string of the molecule is NC(=O)C=C1C=CC=C1.[F-]. The van der Waals surface area contributed by atoms with Gasteiger partial charge in [-0.25, -0.2) is 0 Å². The van der Waals surface area contributed by atoms with Crippen molar-refractivity contribution in [3.05, 3.63) is 36.0 Å². The number of halogens is 1. The first-order valence-corrected chi connectivity index (χ1v) is 2.65. The molecule has 0 saturated carbocycles. The van der Waals surface area contributed by atoms with Crippen LogP contribution in [0.3, 0.4) is 0 Å². The maximum atomic E-state index is 10.2. The van der Waals surface area contributed by atoms with E-state index in [0.717, 1.165) is 5.57 Å². The Kier molecular flexibility index (Phi) is 3.11. The molecule has 54 valence electrons. The lowest BCUT2D eigenvalue weighted by molar-refractivity contribution is -0.113. The Morgan fingerprint density at radius 1 is 1.40 bits per heavy atom. The van der Waals surface area contributed by atoms with Gasteiger partial charge < -0.3 is 10.4 Å². The van der Waals surface area contributed by atoms with E-state index in [-0.39, 0.29) is 4.70 Å². The first kappa shape index (κ1) is 8.62. The third-order valence-corrected chi connectivity index (χ3v) is 0.997. The Morgan fingerprint density at radius 3 is 2.30 bits per heavy atom. The standard InChI is InChI=1S/C7H7NO.FH/c8-7(9)5-6-3-1-2-4-6;/h1-5H,(H2,8,9);1H/p-1. The van der Waals surface area contributed by atoms with Crippen molar-refractivity contribution in [2.75, 3.05) is 0 Å². The second-order valence-corrected chi connectivity index (χ2v) is 1.76. The van der Waals surface area contributed by atoms with Gasteiger partial charge in [-0.3, -0.25) is 4.79 Å². The van der Waals surface area contributed by atoms with Gasteiger partial charge in [0.05, 0.1) is 0 Å². The first-order chi connectivity index (χ1) is 4.29. The Labute approximate surface area is 58.1 Å². The summed E-state index contributed by atoms with van der Waals surface area (Å²) in [6.07, 6.45) is 8.75. The molecule has 2 N–H and O–H groups in total. The number of amides is 1. The summed E-state index contributed by atoms with van der Waals surface area (Å²) in [5.74, 6) is -0.402. The van der Waals surface area contributed by atoms with Crippen molar-refractivity contribution >= 4 is 5.91 Å². The highest BCUT2D eigenvalue weighted by Gasteiger charge is 1.92. The number of hydrogen-bond acceptors (Lipinski definition) is 1. The van der Waals surface area contributed by atoms with Gasteiger partial charge in [-0.15, -0.1) is 0 Å². The average Bonchev–Trinajstić information content (AvgIpc) is 2.15. The minimum Gasteiger partial charge on any atom is -1.00 e. The lowest BCUT2D eigenvalue weighted by Crippen LogP contribution is -3.00. The molecule has 0 atom stereocenters. The molecule has 0 saturated heterocycles. The quantitative estimate of drug-likeness (QED) is 0.403. The Bertz CT molecular complexity index is 202. The molecule has 1 rings (SSSR count). The largest absolute Gasteiger partial charge is 1.00 e. The van der Waals surface area contributed by atoms with Crippen LogP contribution in [-0.4, -0.2) is 5.91 Å². The highest BCUT2D eigenvalue weighted by molar-refractivity contribution is 5.87. The van der Waals surface area contributed by atoms with Crippen LogP contribution in [0, 0.1) is 0 Å². The van der Waals surface area contributed by atoms with Gasteiger partial charge in [0.2, 0.25) is 5.91 Å². The van der Waals surface area contributed by atoms with E-state index in [0.29, 0.717) is 0 Å². The number of hydrogen-bond donors (Lipinski definition) is 1. The first-order valence-electron chi connectivity index (χ1n) is 2.65. The minimum atomic E-state index is -0.402. The van der Waals surface area contributed by atoms with Crippen molar-refractivity contribution in [3.8, 4) is 0 Å². The second kappa shape index (κ2) is 3.61.